The molecule has 1 aromatic rings. The fourth-order valence-electron chi connectivity index (χ4n) is 6.06. The van der Waals surface area contributed by atoms with Gasteiger partial charge >= 0.3 is 10.1 Å². The van der Waals surface area contributed by atoms with Gasteiger partial charge in [0.1, 0.15) is 11.5 Å². The smallest absolute Gasteiger partial charge is 0.306 e. The van der Waals surface area contributed by atoms with Crippen LogP contribution in [0.25, 0.3) is 0 Å². The number of fused-ring (bicyclic) bond motifs is 5. The maximum atomic E-state index is 12.5. The average molecular weight is 393 g/mol. The monoisotopic (exact) mass is 392 g/mol. The molecule has 2 fully saturated rings. The minimum Gasteiger partial charge on any atom is -0.384 e. The Kier molecular flexibility index (Phi) is 4.62. The van der Waals surface area contributed by atoms with Crippen LogP contribution in [-0.4, -0.2) is 34.2 Å². The predicted molar refractivity (Wildman–Crippen MR) is 102 cm³/mol. The molecule has 0 saturated heterocycles. The van der Waals surface area contributed by atoms with Gasteiger partial charge in [0.2, 0.25) is 0 Å². The molecule has 0 aromatic heterocycles. The summed E-state index contributed by atoms with van der Waals surface area (Å²) in [5.74, 6) is 2.38. The van der Waals surface area contributed by atoms with E-state index in [9.17, 15) is 13.2 Å². The Morgan fingerprint density at radius 2 is 2.00 bits per heavy atom. The molecule has 3 aliphatic carbocycles. The van der Waals surface area contributed by atoms with Crippen molar-refractivity contribution in [2.45, 2.75) is 50.9 Å². The number of hydrogen-bond acceptors (Lipinski definition) is 5. The van der Waals surface area contributed by atoms with Crippen LogP contribution in [0.3, 0.4) is 0 Å². The molecule has 0 N–H and O–H groups in total. The van der Waals surface area contributed by atoms with E-state index in [-0.39, 0.29) is 11.3 Å². The van der Waals surface area contributed by atoms with Crippen molar-refractivity contribution in [3.8, 4) is 5.75 Å². The molecule has 5 atom stereocenters. The molecule has 27 heavy (non-hydrogen) atoms. The summed E-state index contributed by atoms with van der Waals surface area (Å²) in [4.78, 5) is 12.5. The fraction of sp³-hybridized carbons (Fsp3) is 0.667. The van der Waals surface area contributed by atoms with Crippen LogP contribution >= 0.6 is 0 Å². The van der Waals surface area contributed by atoms with Gasteiger partial charge in [-0.15, -0.1) is 0 Å². The molecular formula is C21H28O5S. The van der Waals surface area contributed by atoms with Crippen LogP contribution in [0.5, 0.6) is 5.75 Å². The minimum absolute atomic E-state index is 0.157. The van der Waals surface area contributed by atoms with Crippen molar-refractivity contribution in [3.05, 3.63) is 29.3 Å². The average Bonchev–Trinajstić information content (AvgIpc) is 2.89. The molecule has 0 bridgehead atoms. The molecule has 0 amide bonds. The highest BCUT2D eigenvalue weighted by Gasteiger charge is 2.55. The number of hydrogen-bond donors (Lipinski definition) is 0. The molecule has 5 nitrogen and oxygen atoms in total. The van der Waals surface area contributed by atoms with E-state index in [0.29, 0.717) is 42.3 Å². The lowest BCUT2D eigenvalue weighted by Crippen LogP contribution is -2.43. The van der Waals surface area contributed by atoms with E-state index in [0.717, 1.165) is 37.5 Å². The highest BCUT2D eigenvalue weighted by atomic mass is 32.2. The van der Waals surface area contributed by atoms with Gasteiger partial charge in [-0.1, -0.05) is 13.0 Å². The summed E-state index contributed by atoms with van der Waals surface area (Å²) in [5.41, 5.74) is 2.28. The molecule has 2 saturated carbocycles. The third kappa shape index (κ3) is 3.21. The lowest BCUT2D eigenvalue weighted by molar-refractivity contribution is -0.129. The van der Waals surface area contributed by atoms with Crippen molar-refractivity contribution in [2.24, 2.45) is 17.3 Å². The van der Waals surface area contributed by atoms with E-state index in [1.165, 1.54) is 5.56 Å². The van der Waals surface area contributed by atoms with E-state index < -0.39 is 10.1 Å². The highest BCUT2D eigenvalue weighted by molar-refractivity contribution is 7.86. The fourth-order valence-corrected chi connectivity index (χ4v) is 6.51. The quantitative estimate of drug-likeness (QED) is 0.732. The van der Waals surface area contributed by atoms with Crippen molar-refractivity contribution < 1.29 is 22.1 Å². The van der Waals surface area contributed by atoms with Crippen LogP contribution in [0.1, 0.15) is 62.0 Å². The van der Waals surface area contributed by atoms with Crippen LogP contribution in [0.15, 0.2) is 18.2 Å². The lowest BCUT2D eigenvalue weighted by atomic mass is 9.54. The van der Waals surface area contributed by atoms with Crippen molar-refractivity contribution in [1.29, 1.82) is 0 Å². The zero-order valence-corrected chi connectivity index (χ0v) is 17.1. The normalized spacial score (nSPS) is 35.3. The largest absolute Gasteiger partial charge is 0.384 e. The number of rotatable bonds is 4. The number of benzene rings is 1. The number of ether oxygens (including phenoxy) is 1. The van der Waals surface area contributed by atoms with Crippen molar-refractivity contribution in [3.63, 3.8) is 0 Å². The second-order valence-electron chi connectivity index (χ2n) is 8.76. The molecule has 4 rings (SSSR count). The molecule has 3 aliphatic rings. The summed E-state index contributed by atoms with van der Waals surface area (Å²) >= 11 is 0. The Morgan fingerprint density at radius 1 is 1.22 bits per heavy atom. The Labute approximate surface area is 161 Å². The van der Waals surface area contributed by atoms with Gasteiger partial charge in [-0.25, -0.2) is 0 Å². The van der Waals surface area contributed by atoms with Crippen LogP contribution in [0.2, 0.25) is 0 Å². The molecule has 0 unspecified atom stereocenters. The van der Waals surface area contributed by atoms with Gasteiger partial charge in [-0.3, -0.25) is 4.79 Å². The second-order valence-corrected chi connectivity index (χ2v) is 10.3. The zero-order valence-electron chi connectivity index (χ0n) is 16.2. The first kappa shape index (κ1) is 18.9. The van der Waals surface area contributed by atoms with Gasteiger partial charge in [0, 0.05) is 24.9 Å². The highest BCUT2D eigenvalue weighted by Crippen LogP contribution is 2.61. The third-order valence-electron chi connectivity index (χ3n) is 7.22. The zero-order chi connectivity index (χ0) is 19.4. The summed E-state index contributed by atoms with van der Waals surface area (Å²) < 4.78 is 33.6. The summed E-state index contributed by atoms with van der Waals surface area (Å²) in [6, 6.07) is 5.68. The van der Waals surface area contributed by atoms with Gasteiger partial charge < -0.3 is 8.92 Å². The molecular weight excluding hydrogens is 364 g/mol. The first-order chi connectivity index (χ1) is 12.7. The predicted octanol–water partition coefficient (Wildman–Crippen LogP) is 3.64. The van der Waals surface area contributed by atoms with E-state index in [1.54, 1.807) is 13.2 Å². The SMILES string of the molecule is COC[C@@H]1C[C@@H]2[C@H](CC[C@]3(C)C(=O)CC[C@@H]23)c2ccc(OS(C)(=O)=O)cc21. The topological polar surface area (TPSA) is 69.7 Å². The maximum Gasteiger partial charge on any atom is 0.306 e. The second kappa shape index (κ2) is 6.59. The first-order valence-corrected chi connectivity index (χ1v) is 11.6. The minimum atomic E-state index is -3.55. The van der Waals surface area contributed by atoms with Gasteiger partial charge in [0.05, 0.1) is 12.9 Å². The molecule has 0 heterocycles. The van der Waals surface area contributed by atoms with E-state index in [1.807, 2.05) is 12.1 Å². The Balaban J connectivity index is 1.73. The standard InChI is InChI=1S/C21H28O5S/c1-21-9-8-16-15-5-4-14(26-27(3,23)24)11-17(15)13(12-25-2)10-18(16)19(21)6-7-20(21)22/h4-5,11,13,16,18-19H,6-10,12H2,1-3H3/t13-,16+,18+,19-,21-/m0/s1. The Morgan fingerprint density at radius 3 is 2.70 bits per heavy atom. The van der Waals surface area contributed by atoms with Gasteiger partial charge in [-0.2, -0.15) is 8.42 Å². The number of methoxy groups -OCH3 is 1. The molecule has 0 spiro atoms. The Hall–Kier alpha value is -1.40. The molecule has 148 valence electrons. The van der Waals surface area contributed by atoms with E-state index in [4.69, 9.17) is 8.92 Å². The third-order valence-corrected chi connectivity index (χ3v) is 7.71. The van der Waals surface area contributed by atoms with Gasteiger partial charge in [0.25, 0.3) is 0 Å². The number of carbonyl (C=O) groups is 1. The molecule has 0 radical (unpaired) electrons. The lowest BCUT2D eigenvalue weighted by Gasteiger charge is -2.50. The molecule has 6 heteroatoms. The van der Waals surface area contributed by atoms with Crippen LogP contribution in [-0.2, 0) is 19.6 Å². The van der Waals surface area contributed by atoms with Crippen LogP contribution in [0.4, 0.5) is 0 Å². The summed E-state index contributed by atoms with van der Waals surface area (Å²) in [7, 11) is -1.85. The van der Waals surface area contributed by atoms with Crippen molar-refractivity contribution in [2.75, 3.05) is 20.0 Å². The van der Waals surface area contributed by atoms with Gasteiger partial charge in [0.15, 0.2) is 0 Å². The summed E-state index contributed by atoms with van der Waals surface area (Å²) in [6.07, 6.45) is 5.74. The van der Waals surface area contributed by atoms with Crippen molar-refractivity contribution in [1.82, 2.24) is 0 Å². The number of ketones is 1. The van der Waals surface area contributed by atoms with Crippen molar-refractivity contribution >= 4 is 15.9 Å². The number of Topliss-reactive ketones (excluding diaryl/α,β-unsaturated/α-hetero) is 1. The molecule has 0 aliphatic heterocycles. The Bertz CT molecular complexity index is 861. The van der Waals surface area contributed by atoms with Crippen LogP contribution in [0, 0.1) is 17.3 Å². The maximum absolute atomic E-state index is 12.5. The molecule has 1 aromatic carbocycles. The van der Waals surface area contributed by atoms with E-state index >= 15 is 0 Å². The summed E-state index contributed by atoms with van der Waals surface area (Å²) in [6.45, 7) is 2.77. The first-order valence-electron chi connectivity index (χ1n) is 9.78. The summed E-state index contributed by atoms with van der Waals surface area (Å²) in [5, 5.41) is 0. The van der Waals surface area contributed by atoms with E-state index in [2.05, 4.69) is 6.92 Å². The van der Waals surface area contributed by atoms with Gasteiger partial charge in [-0.05, 0) is 66.7 Å². The number of carbonyl (C=O) groups excluding carboxylic acids is 1. The van der Waals surface area contributed by atoms with Crippen LogP contribution < -0.4 is 4.18 Å².